The Bertz CT molecular complexity index is 1170. The molecule has 1 aromatic rings. The van der Waals surface area contributed by atoms with E-state index in [0.717, 1.165) is 56.2 Å². The fourth-order valence-electron chi connectivity index (χ4n) is 6.04. The number of rotatable bonds is 4. The minimum atomic E-state index is -0.847. The summed E-state index contributed by atoms with van der Waals surface area (Å²) < 4.78 is 5.50. The summed E-state index contributed by atoms with van der Waals surface area (Å²) >= 11 is 0. The van der Waals surface area contributed by atoms with E-state index in [0.29, 0.717) is 30.1 Å². The fraction of sp³-hybridized carbons (Fsp3) is 0.621. The fourth-order valence-corrected chi connectivity index (χ4v) is 6.04. The van der Waals surface area contributed by atoms with Gasteiger partial charge in [-0.05, 0) is 64.2 Å². The van der Waals surface area contributed by atoms with Crippen molar-refractivity contribution in [3.63, 3.8) is 0 Å². The topological polar surface area (TPSA) is 108 Å². The molecule has 3 heterocycles. The van der Waals surface area contributed by atoms with Gasteiger partial charge in [0.25, 0.3) is 11.8 Å². The molecule has 3 fully saturated rings. The van der Waals surface area contributed by atoms with E-state index in [9.17, 15) is 24.0 Å². The summed E-state index contributed by atoms with van der Waals surface area (Å²) in [7, 11) is 0. The van der Waals surface area contributed by atoms with E-state index in [2.05, 4.69) is 9.80 Å². The molecule has 1 unspecified atom stereocenters. The third-order valence-corrected chi connectivity index (χ3v) is 8.17. The van der Waals surface area contributed by atoms with Gasteiger partial charge in [0.05, 0.1) is 23.6 Å². The molecule has 5 rings (SSSR count). The third-order valence-electron chi connectivity index (χ3n) is 8.17. The monoisotopic (exact) mass is 538 g/mol. The second kappa shape index (κ2) is 10.7. The SMILES string of the molecule is CC(C)(C)OC(=O)N1CCN(CC2CCN(c3ccc4c(c3)C(=O)N(C3CCC(=O)CC3=O)C4=O)CC2)CC1. The first-order valence-corrected chi connectivity index (χ1v) is 14.0. The third kappa shape index (κ3) is 5.85. The summed E-state index contributed by atoms with van der Waals surface area (Å²) in [6.07, 6.45) is 2.01. The van der Waals surface area contributed by atoms with Crippen LogP contribution in [0.4, 0.5) is 10.5 Å². The van der Waals surface area contributed by atoms with Crippen molar-refractivity contribution in [1.82, 2.24) is 14.7 Å². The van der Waals surface area contributed by atoms with Crippen molar-refractivity contribution < 1.29 is 28.7 Å². The number of Topliss-reactive ketones (excluding diaryl/α,β-unsaturated/α-hetero) is 2. The van der Waals surface area contributed by atoms with Crippen molar-refractivity contribution in [2.45, 2.75) is 64.5 Å². The Morgan fingerprint density at radius 1 is 0.897 bits per heavy atom. The minimum absolute atomic E-state index is 0.137. The predicted molar refractivity (Wildman–Crippen MR) is 144 cm³/mol. The van der Waals surface area contributed by atoms with Crippen LogP contribution in [0.15, 0.2) is 18.2 Å². The highest BCUT2D eigenvalue weighted by Gasteiger charge is 2.44. The molecule has 3 aliphatic heterocycles. The summed E-state index contributed by atoms with van der Waals surface area (Å²) in [6.45, 7) is 11.4. The molecule has 39 heavy (non-hydrogen) atoms. The number of nitrogens with zero attached hydrogens (tertiary/aromatic N) is 4. The van der Waals surface area contributed by atoms with Crippen LogP contribution >= 0.6 is 0 Å². The van der Waals surface area contributed by atoms with Crippen molar-refractivity contribution >= 4 is 35.2 Å². The van der Waals surface area contributed by atoms with Crippen molar-refractivity contribution in [3.05, 3.63) is 29.3 Å². The Morgan fingerprint density at radius 3 is 2.21 bits per heavy atom. The van der Waals surface area contributed by atoms with Crippen molar-refractivity contribution in [3.8, 4) is 0 Å². The van der Waals surface area contributed by atoms with Gasteiger partial charge in [-0.2, -0.15) is 0 Å². The van der Waals surface area contributed by atoms with E-state index in [1.165, 1.54) is 0 Å². The molecule has 1 atom stereocenters. The lowest BCUT2D eigenvalue weighted by Crippen LogP contribution is -2.51. The number of benzene rings is 1. The molecule has 1 aromatic carbocycles. The van der Waals surface area contributed by atoms with Crippen LogP contribution in [0.25, 0.3) is 0 Å². The average molecular weight is 539 g/mol. The van der Waals surface area contributed by atoms with Crippen LogP contribution in [0.2, 0.25) is 0 Å². The number of carbonyl (C=O) groups excluding carboxylic acids is 5. The number of piperidine rings is 1. The zero-order chi connectivity index (χ0) is 27.9. The van der Waals surface area contributed by atoms with E-state index in [1.807, 2.05) is 26.8 Å². The molecule has 10 heteroatoms. The Labute approximate surface area is 229 Å². The number of hydrogen-bond donors (Lipinski definition) is 0. The molecule has 0 radical (unpaired) electrons. The number of anilines is 1. The number of amides is 3. The number of hydrogen-bond acceptors (Lipinski definition) is 8. The van der Waals surface area contributed by atoms with Crippen LogP contribution in [0.5, 0.6) is 0 Å². The van der Waals surface area contributed by atoms with Gasteiger partial charge in [0.1, 0.15) is 11.4 Å². The smallest absolute Gasteiger partial charge is 0.410 e. The van der Waals surface area contributed by atoms with Crippen LogP contribution in [0.3, 0.4) is 0 Å². The molecule has 0 bridgehead atoms. The molecular weight excluding hydrogens is 500 g/mol. The van der Waals surface area contributed by atoms with Gasteiger partial charge < -0.3 is 14.5 Å². The normalized spacial score (nSPS) is 23.5. The Kier molecular flexibility index (Phi) is 7.50. The summed E-state index contributed by atoms with van der Waals surface area (Å²) in [4.78, 5) is 70.1. The molecule has 210 valence electrons. The Hall–Kier alpha value is -3.27. The van der Waals surface area contributed by atoms with Crippen LogP contribution in [0, 0.1) is 5.92 Å². The van der Waals surface area contributed by atoms with Gasteiger partial charge >= 0.3 is 6.09 Å². The van der Waals surface area contributed by atoms with E-state index in [-0.39, 0.29) is 36.9 Å². The highest BCUT2D eigenvalue weighted by atomic mass is 16.6. The van der Waals surface area contributed by atoms with E-state index in [1.54, 1.807) is 17.0 Å². The quantitative estimate of drug-likeness (QED) is 0.426. The van der Waals surface area contributed by atoms with Gasteiger partial charge in [0, 0.05) is 57.9 Å². The first-order chi connectivity index (χ1) is 18.5. The first-order valence-electron chi connectivity index (χ1n) is 14.0. The van der Waals surface area contributed by atoms with Crippen molar-refractivity contribution in [2.75, 3.05) is 50.7 Å². The molecular formula is C29H38N4O6. The molecule has 10 nitrogen and oxygen atoms in total. The zero-order valence-electron chi connectivity index (χ0n) is 23.1. The highest BCUT2D eigenvalue weighted by molar-refractivity contribution is 6.24. The number of imide groups is 1. The summed E-state index contributed by atoms with van der Waals surface area (Å²) in [5.74, 6) is -0.817. The summed E-state index contributed by atoms with van der Waals surface area (Å²) in [6, 6.07) is 4.51. The molecule has 1 saturated carbocycles. The van der Waals surface area contributed by atoms with Crippen molar-refractivity contribution in [2.24, 2.45) is 5.92 Å². The molecule has 4 aliphatic rings. The van der Waals surface area contributed by atoms with Gasteiger partial charge in [-0.25, -0.2) is 4.79 Å². The average Bonchev–Trinajstić information content (AvgIpc) is 3.13. The molecule has 0 spiro atoms. The van der Waals surface area contributed by atoms with Gasteiger partial charge in [-0.1, -0.05) is 0 Å². The second-order valence-electron chi connectivity index (χ2n) is 12.1. The number of fused-ring (bicyclic) bond motifs is 1. The maximum Gasteiger partial charge on any atom is 0.410 e. The van der Waals surface area contributed by atoms with Crippen LogP contribution < -0.4 is 4.90 Å². The molecule has 0 aromatic heterocycles. The second-order valence-corrected chi connectivity index (χ2v) is 12.1. The van der Waals surface area contributed by atoms with Crippen LogP contribution in [-0.2, 0) is 14.3 Å². The first kappa shape index (κ1) is 27.3. The maximum atomic E-state index is 13.2. The number of piperazine rings is 1. The Morgan fingerprint density at radius 2 is 1.56 bits per heavy atom. The van der Waals surface area contributed by atoms with Gasteiger partial charge in [0.2, 0.25) is 0 Å². The van der Waals surface area contributed by atoms with Crippen molar-refractivity contribution in [1.29, 1.82) is 0 Å². The van der Waals surface area contributed by atoms with Gasteiger partial charge in [-0.3, -0.25) is 29.0 Å². The minimum Gasteiger partial charge on any atom is -0.444 e. The standard InChI is InChI=1S/C29H38N4O6/c1-29(2,3)39-28(38)32-14-12-30(13-15-32)18-19-8-10-31(11-9-19)20-4-6-22-23(16-20)27(37)33(26(22)36)24-7-5-21(34)17-25(24)35/h4,6,16,19,24H,5,7-15,17-18H2,1-3H3. The van der Waals surface area contributed by atoms with E-state index < -0.39 is 23.5 Å². The lowest BCUT2D eigenvalue weighted by atomic mass is 9.92. The highest BCUT2D eigenvalue weighted by Crippen LogP contribution is 2.33. The largest absolute Gasteiger partial charge is 0.444 e. The molecule has 0 N–H and O–H groups in total. The molecule has 3 amide bonds. The van der Waals surface area contributed by atoms with Crippen LogP contribution in [-0.4, -0.2) is 102 Å². The lowest BCUT2D eigenvalue weighted by Gasteiger charge is -2.39. The number of ether oxygens (including phenoxy) is 1. The molecule has 1 aliphatic carbocycles. The maximum absolute atomic E-state index is 13.2. The summed E-state index contributed by atoms with van der Waals surface area (Å²) in [5.41, 5.74) is 1.09. The summed E-state index contributed by atoms with van der Waals surface area (Å²) in [5, 5.41) is 0. The Balaban J connectivity index is 1.13. The zero-order valence-corrected chi connectivity index (χ0v) is 23.1. The van der Waals surface area contributed by atoms with Gasteiger partial charge in [0.15, 0.2) is 5.78 Å². The number of ketones is 2. The predicted octanol–water partition coefficient (Wildman–Crippen LogP) is 2.74. The van der Waals surface area contributed by atoms with Crippen LogP contribution in [0.1, 0.15) is 73.6 Å². The van der Waals surface area contributed by atoms with E-state index >= 15 is 0 Å². The van der Waals surface area contributed by atoms with E-state index in [4.69, 9.17) is 4.74 Å². The molecule has 2 saturated heterocycles. The van der Waals surface area contributed by atoms with Gasteiger partial charge in [-0.15, -0.1) is 0 Å². The number of carbonyl (C=O) groups is 5. The lowest BCUT2D eigenvalue weighted by molar-refractivity contribution is -0.132.